The molecule has 1 unspecified atom stereocenters. The molecule has 21 heavy (non-hydrogen) atoms. The predicted octanol–water partition coefficient (Wildman–Crippen LogP) is 3.19. The molecule has 0 spiro atoms. The Kier molecular flexibility index (Phi) is 3.83. The summed E-state index contributed by atoms with van der Waals surface area (Å²) < 4.78 is 5.48. The van der Waals surface area contributed by atoms with E-state index in [1.807, 2.05) is 31.2 Å². The van der Waals surface area contributed by atoms with Crippen LogP contribution in [0.15, 0.2) is 30.5 Å². The molecule has 1 N–H and O–H groups in total. The molecule has 1 aliphatic heterocycles. The fourth-order valence-corrected chi connectivity index (χ4v) is 2.93. The second-order valence-corrected chi connectivity index (χ2v) is 6.04. The van der Waals surface area contributed by atoms with Crippen molar-refractivity contribution in [2.24, 2.45) is 0 Å². The van der Waals surface area contributed by atoms with Crippen molar-refractivity contribution in [1.29, 1.82) is 0 Å². The Bertz CT molecular complexity index is 681. The number of hydrogen-bond donors (Lipinski definition) is 1. The van der Waals surface area contributed by atoms with Crippen LogP contribution in [0.3, 0.4) is 0 Å². The van der Waals surface area contributed by atoms with Gasteiger partial charge in [0.15, 0.2) is 0 Å². The van der Waals surface area contributed by atoms with Gasteiger partial charge in [0.25, 0.3) is 5.91 Å². The first kappa shape index (κ1) is 14.3. The molecule has 0 saturated carbocycles. The first-order valence-electron chi connectivity index (χ1n) is 7.03. The minimum Gasteiger partial charge on any atom is -0.379 e. The summed E-state index contributed by atoms with van der Waals surface area (Å²) in [6, 6.07) is 7.53. The van der Waals surface area contributed by atoms with Crippen LogP contribution in [0, 0.1) is 0 Å². The van der Waals surface area contributed by atoms with Crippen molar-refractivity contribution >= 4 is 28.3 Å². The Labute approximate surface area is 128 Å². The molecule has 3 rings (SSSR count). The van der Waals surface area contributed by atoms with E-state index in [1.165, 1.54) is 6.20 Å². The van der Waals surface area contributed by atoms with E-state index in [2.05, 4.69) is 10.3 Å². The second kappa shape index (κ2) is 5.62. The molecule has 0 radical (unpaired) electrons. The maximum Gasteiger partial charge on any atom is 0.253 e. The summed E-state index contributed by atoms with van der Waals surface area (Å²) in [5, 5.41) is 5.09. The predicted molar refractivity (Wildman–Crippen MR) is 82.7 cm³/mol. The first-order valence-corrected chi connectivity index (χ1v) is 7.40. The number of aromatic nitrogens is 1. The molecule has 1 aromatic carbocycles. The van der Waals surface area contributed by atoms with Gasteiger partial charge in [0.2, 0.25) is 0 Å². The topological polar surface area (TPSA) is 51.2 Å². The van der Waals surface area contributed by atoms with E-state index in [0.717, 1.165) is 30.2 Å². The van der Waals surface area contributed by atoms with E-state index in [4.69, 9.17) is 16.3 Å². The Morgan fingerprint density at radius 2 is 2.14 bits per heavy atom. The Hall–Kier alpha value is -1.65. The zero-order valence-corrected chi connectivity index (χ0v) is 12.6. The Balaban J connectivity index is 1.93. The Morgan fingerprint density at radius 1 is 1.38 bits per heavy atom. The average Bonchev–Trinajstić information content (AvgIpc) is 2.48. The third-order valence-electron chi connectivity index (χ3n) is 3.84. The van der Waals surface area contributed by atoms with E-state index >= 15 is 0 Å². The van der Waals surface area contributed by atoms with Gasteiger partial charge in [0.05, 0.1) is 17.7 Å². The number of pyridine rings is 1. The molecule has 1 amide bonds. The van der Waals surface area contributed by atoms with E-state index < -0.39 is 0 Å². The highest BCUT2D eigenvalue weighted by molar-refractivity contribution is 6.34. The van der Waals surface area contributed by atoms with Gasteiger partial charge in [0, 0.05) is 18.2 Å². The van der Waals surface area contributed by atoms with Crippen molar-refractivity contribution in [3.63, 3.8) is 0 Å². The summed E-state index contributed by atoms with van der Waals surface area (Å²) in [6.45, 7) is 3.31. The van der Waals surface area contributed by atoms with Crippen molar-refractivity contribution in [3.8, 4) is 0 Å². The summed E-state index contributed by atoms with van der Waals surface area (Å²) in [4.78, 5) is 16.7. The summed E-state index contributed by atoms with van der Waals surface area (Å²) in [7, 11) is 0. The molecule has 1 aliphatic rings. The van der Waals surface area contributed by atoms with Crippen LogP contribution in [0.4, 0.5) is 0 Å². The lowest BCUT2D eigenvalue weighted by Crippen LogP contribution is -2.51. The van der Waals surface area contributed by atoms with Crippen molar-refractivity contribution < 1.29 is 9.53 Å². The fourth-order valence-electron chi connectivity index (χ4n) is 2.71. The van der Waals surface area contributed by atoms with Crippen molar-refractivity contribution in [3.05, 3.63) is 41.2 Å². The minimum atomic E-state index is -0.323. The smallest absolute Gasteiger partial charge is 0.253 e. The van der Waals surface area contributed by atoms with Crippen molar-refractivity contribution in [1.82, 2.24) is 10.3 Å². The lowest BCUT2D eigenvalue weighted by atomic mass is 9.94. The van der Waals surface area contributed by atoms with E-state index in [0.29, 0.717) is 17.3 Å². The number of amides is 1. The maximum absolute atomic E-state index is 12.6. The van der Waals surface area contributed by atoms with Crippen molar-refractivity contribution in [2.75, 3.05) is 13.2 Å². The normalized spacial score (nSPS) is 22.2. The van der Waals surface area contributed by atoms with Gasteiger partial charge >= 0.3 is 0 Å². The number of fused-ring (bicyclic) bond motifs is 1. The molecule has 1 aromatic heterocycles. The highest BCUT2D eigenvalue weighted by Gasteiger charge is 2.30. The summed E-state index contributed by atoms with van der Waals surface area (Å²) >= 11 is 6.09. The van der Waals surface area contributed by atoms with Crippen LogP contribution in [0.2, 0.25) is 5.15 Å². The van der Waals surface area contributed by atoms with Crippen LogP contribution in [0.25, 0.3) is 10.8 Å². The van der Waals surface area contributed by atoms with Gasteiger partial charge in [-0.05, 0) is 25.2 Å². The van der Waals surface area contributed by atoms with Crippen LogP contribution in [0.5, 0.6) is 0 Å². The highest BCUT2D eigenvalue weighted by Crippen LogP contribution is 2.25. The molecule has 5 heteroatoms. The highest BCUT2D eigenvalue weighted by atomic mass is 35.5. The van der Waals surface area contributed by atoms with Gasteiger partial charge in [-0.3, -0.25) is 4.79 Å². The lowest BCUT2D eigenvalue weighted by Gasteiger charge is -2.34. The molecule has 0 aliphatic carbocycles. The standard InChI is InChI=1S/C16H17ClN2O2/c1-16(7-4-8-21-10-16)19-15(20)13-9-18-14(17)12-6-3-2-5-11(12)13/h2-3,5-6,9H,4,7-8,10H2,1H3,(H,19,20). The molecule has 4 nitrogen and oxygen atoms in total. The van der Waals surface area contributed by atoms with E-state index in [9.17, 15) is 4.79 Å². The monoisotopic (exact) mass is 304 g/mol. The molecule has 2 aromatic rings. The van der Waals surface area contributed by atoms with Crippen LogP contribution in [-0.2, 0) is 4.74 Å². The number of carbonyl (C=O) groups is 1. The van der Waals surface area contributed by atoms with Crippen LogP contribution in [0.1, 0.15) is 30.1 Å². The Morgan fingerprint density at radius 3 is 2.86 bits per heavy atom. The zero-order chi connectivity index (χ0) is 14.9. The molecule has 2 heterocycles. The number of nitrogens with zero attached hydrogens (tertiary/aromatic N) is 1. The van der Waals surface area contributed by atoms with Gasteiger partial charge < -0.3 is 10.1 Å². The number of carbonyl (C=O) groups excluding carboxylic acids is 1. The van der Waals surface area contributed by atoms with Gasteiger partial charge in [-0.25, -0.2) is 4.98 Å². The van der Waals surface area contributed by atoms with Gasteiger partial charge in [0.1, 0.15) is 5.15 Å². The first-order chi connectivity index (χ1) is 10.1. The van der Waals surface area contributed by atoms with Crippen LogP contribution in [-0.4, -0.2) is 29.6 Å². The van der Waals surface area contributed by atoms with Gasteiger partial charge in [-0.2, -0.15) is 0 Å². The molecule has 110 valence electrons. The van der Waals surface area contributed by atoms with E-state index in [-0.39, 0.29) is 11.4 Å². The molecule has 0 bridgehead atoms. The third-order valence-corrected chi connectivity index (χ3v) is 4.15. The largest absolute Gasteiger partial charge is 0.379 e. The number of nitrogens with one attached hydrogen (secondary N) is 1. The third kappa shape index (κ3) is 2.87. The molecule has 1 atom stereocenters. The second-order valence-electron chi connectivity index (χ2n) is 5.68. The molecule has 1 fully saturated rings. The number of ether oxygens (including phenoxy) is 1. The van der Waals surface area contributed by atoms with Gasteiger partial charge in [-0.1, -0.05) is 35.9 Å². The van der Waals surface area contributed by atoms with Crippen LogP contribution >= 0.6 is 11.6 Å². The molecule has 1 saturated heterocycles. The SMILES string of the molecule is CC1(NC(=O)c2cnc(Cl)c3ccccc23)CCCOC1. The minimum absolute atomic E-state index is 0.136. The fraction of sp³-hybridized carbons (Fsp3) is 0.375. The maximum atomic E-state index is 12.6. The molecular weight excluding hydrogens is 288 g/mol. The number of rotatable bonds is 2. The lowest BCUT2D eigenvalue weighted by molar-refractivity contribution is 0.0273. The quantitative estimate of drug-likeness (QED) is 0.867. The molecular formula is C16H17ClN2O2. The average molecular weight is 305 g/mol. The number of hydrogen-bond acceptors (Lipinski definition) is 3. The zero-order valence-electron chi connectivity index (χ0n) is 11.9. The van der Waals surface area contributed by atoms with Gasteiger partial charge in [-0.15, -0.1) is 0 Å². The summed E-state index contributed by atoms with van der Waals surface area (Å²) in [6.07, 6.45) is 3.40. The number of halogens is 1. The van der Waals surface area contributed by atoms with Crippen molar-refractivity contribution in [2.45, 2.75) is 25.3 Å². The van der Waals surface area contributed by atoms with E-state index in [1.54, 1.807) is 0 Å². The number of benzene rings is 1. The summed E-state index contributed by atoms with van der Waals surface area (Å²) in [5.74, 6) is -0.136. The summed E-state index contributed by atoms with van der Waals surface area (Å²) in [5.41, 5.74) is 0.220. The van der Waals surface area contributed by atoms with Crippen LogP contribution < -0.4 is 5.32 Å².